The molecule has 1 unspecified atom stereocenters. The van der Waals surface area contributed by atoms with Crippen molar-refractivity contribution >= 4 is 43.6 Å². The van der Waals surface area contributed by atoms with Gasteiger partial charge in [-0.3, -0.25) is 9.59 Å². The van der Waals surface area contributed by atoms with E-state index < -0.39 is 49.5 Å². The van der Waals surface area contributed by atoms with Crippen LogP contribution >= 0.6 is 11.6 Å². The first-order valence-electron chi connectivity index (χ1n) is 11.9. The number of amides is 2. The van der Waals surface area contributed by atoms with Crippen molar-refractivity contribution in [1.82, 2.24) is 15.4 Å². The molecule has 2 amide bonds. The molecule has 202 valence electrons. The number of aliphatic hydroxyl groups excluding tert-OH is 1. The van der Waals surface area contributed by atoms with Crippen LogP contribution in [0.3, 0.4) is 0 Å². The zero-order chi connectivity index (χ0) is 26.5. The molecular formula is C22H31ClN3NaO8S2. The minimum absolute atomic E-state index is 0. The molecule has 0 aromatic heterocycles. The van der Waals surface area contributed by atoms with E-state index in [1.807, 2.05) is 0 Å². The van der Waals surface area contributed by atoms with Crippen LogP contribution in [0, 0.1) is 11.8 Å². The first-order chi connectivity index (χ1) is 16.9. The molecule has 37 heavy (non-hydrogen) atoms. The third kappa shape index (κ3) is 9.43. The van der Waals surface area contributed by atoms with Crippen molar-refractivity contribution in [2.75, 3.05) is 6.54 Å². The predicted molar refractivity (Wildman–Crippen MR) is 130 cm³/mol. The Bertz CT molecular complexity index is 1160. The van der Waals surface area contributed by atoms with Crippen LogP contribution in [0.5, 0.6) is 0 Å². The van der Waals surface area contributed by atoms with E-state index in [-0.39, 0.29) is 64.1 Å². The maximum atomic E-state index is 13.3. The van der Waals surface area contributed by atoms with Crippen LogP contribution in [0.1, 0.15) is 51.4 Å². The first kappa shape index (κ1) is 32.4. The van der Waals surface area contributed by atoms with E-state index in [4.69, 9.17) is 11.6 Å². The van der Waals surface area contributed by atoms with Gasteiger partial charge in [-0.2, -0.15) is 4.72 Å². The summed E-state index contributed by atoms with van der Waals surface area (Å²) in [6, 6.07) is 2.59. The SMILES string of the molecule is O=C1NCC[C@H]1C[C@H](NC(=O)[C@H](CC1CCCCC1)NS(=O)(=O)c1cccc(Cl)c1)C(O)S(=O)(=O)[O-].[Na+]. The van der Waals surface area contributed by atoms with Gasteiger partial charge in [0.25, 0.3) is 0 Å². The van der Waals surface area contributed by atoms with Crippen LogP contribution < -0.4 is 44.9 Å². The van der Waals surface area contributed by atoms with Crippen molar-refractivity contribution in [3.05, 3.63) is 29.3 Å². The van der Waals surface area contributed by atoms with Crippen LogP contribution in [0.2, 0.25) is 5.02 Å². The fourth-order valence-corrected chi connectivity index (χ4v) is 6.85. The summed E-state index contributed by atoms with van der Waals surface area (Å²) >= 11 is 5.93. The third-order valence-corrected chi connectivity index (χ3v) is 9.31. The molecule has 0 radical (unpaired) electrons. The quantitative estimate of drug-likeness (QED) is 0.167. The van der Waals surface area contributed by atoms with Gasteiger partial charge in [-0.25, -0.2) is 16.8 Å². The molecule has 1 saturated heterocycles. The Morgan fingerprint density at radius 1 is 1.14 bits per heavy atom. The minimum Gasteiger partial charge on any atom is -0.746 e. The average molecular weight is 588 g/mol. The molecule has 0 bridgehead atoms. The Hall–Kier alpha value is -0.770. The zero-order valence-corrected chi connectivity index (χ0v) is 24.9. The second kappa shape index (κ2) is 14.0. The van der Waals surface area contributed by atoms with Crippen LogP contribution in [0.15, 0.2) is 29.2 Å². The molecule has 1 heterocycles. The Balaban J connectivity index is 0.00000481. The van der Waals surface area contributed by atoms with E-state index in [9.17, 15) is 36.1 Å². The van der Waals surface area contributed by atoms with Gasteiger partial charge in [0.1, 0.15) is 16.2 Å². The van der Waals surface area contributed by atoms with Gasteiger partial charge in [-0.1, -0.05) is 49.8 Å². The normalized spacial score (nSPS) is 21.4. The van der Waals surface area contributed by atoms with Gasteiger partial charge < -0.3 is 20.3 Å². The summed E-state index contributed by atoms with van der Waals surface area (Å²) in [6.45, 7) is 0.341. The van der Waals surface area contributed by atoms with Gasteiger partial charge in [-0.15, -0.1) is 0 Å². The number of nitrogens with one attached hydrogen (secondary N) is 3. The minimum atomic E-state index is -5.24. The number of carbonyl (C=O) groups is 2. The van der Waals surface area contributed by atoms with Crippen LogP contribution in [0.25, 0.3) is 0 Å². The van der Waals surface area contributed by atoms with Crippen LogP contribution in [-0.2, 0) is 29.7 Å². The Labute approximate surface area is 244 Å². The van der Waals surface area contributed by atoms with Crippen molar-refractivity contribution in [1.29, 1.82) is 0 Å². The molecule has 4 atom stereocenters. The first-order valence-corrected chi connectivity index (χ1v) is 15.2. The fourth-order valence-electron chi connectivity index (χ4n) is 4.76. The molecule has 1 saturated carbocycles. The molecular weight excluding hydrogens is 557 g/mol. The molecule has 3 rings (SSSR count). The van der Waals surface area contributed by atoms with Gasteiger partial charge in [-0.05, 0) is 43.4 Å². The Kier molecular flexibility index (Phi) is 12.3. The van der Waals surface area contributed by atoms with Crippen molar-refractivity contribution in [2.24, 2.45) is 11.8 Å². The van der Waals surface area contributed by atoms with E-state index >= 15 is 0 Å². The average Bonchev–Trinajstić information content (AvgIpc) is 3.22. The van der Waals surface area contributed by atoms with Gasteiger partial charge in [0, 0.05) is 17.5 Å². The number of sulfonamides is 1. The summed E-state index contributed by atoms with van der Waals surface area (Å²) in [5, 5.41) is 15.3. The molecule has 1 aliphatic heterocycles. The maximum Gasteiger partial charge on any atom is 1.00 e. The molecule has 1 aromatic rings. The van der Waals surface area contributed by atoms with E-state index in [0.717, 1.165) is 32.1 Å². The van der Waals surface area contributed by atoms with Gasteiger partial charge in [0.15, 0.2) is 5.44 Å². The summed E-state index contributed by atoms with van der Waals surface area (Å²) in [6.07, 6.45) is 4.70. The van der Waals surface area contributed by atoms with Gasteiger partial charge >= 0.3 is 29.6 Å². The standard InChI is InChI=1S/C22H32ClN3O8S2.Na/c23-16-7-4-8-17(13-16)35(30,31)26-18(11-14-5-2-1-3-6-14)21(28)25-19(22(29)36(32,33)34)12-15-9-10-24-20(15)27;/h4,7-8,13-15,18-19,22,26,29H,1-3,5-6,9-12H2,(H,24,27)(H,25,28)(H,32,33,34);/q;+1/p-1/t15-,18-,19-,22?;/m0./s1. The van der Waals surface area contributed by atoms with Crippen molar-refractivity contribution in [3.63, 3.8) is 0 Å². The van der Waals surface area contributed by atoms with E-state index in [0.29, 0.717) is 13.0 Å². The fraction of sp³-hybridized carbons (Fsp3) is 0.636. The monoisotopic (exact) mass is 587 g/mol. The number of rotatable bonds is 11. The Morgan fingerprint density at radius 2 is 1.81 bits per heavy atom. The number of carbonyl (C=O) groups excluding carboxylic acids is 2. The smallest absolute Gasteiger partial charge is 0.746 e. The Morgan fingerprint density at radius 3 is 2.38 bits per heavy atom. The van der Waals surface area contributed by atoms with Gasteiger partial charge in [0.2, 0.25) is 21.8 Å². The van der Waals surface area contributed by atoms with E-state index in [1.54, 1.807) is 0 Å². The summed E-state index contributed by atoms with van der Waals surface area (Å²) < 4.78 is 63.2. The summed E-state index contributed by atoms with van der Waals surface area (Å²) in [5.41, 5.74) is -2.50. The topological polar surface area (TPSA) is 182 Å². The molecule has 1 aromatic carbocycles. The summed E-state index contributed by atoms with van der Waals surface area (Å²) in [4.78, 5) is 25.2. The molecule has 1 aliphatic carbocycles. The molecule has 15 heteroatoms. The molecule has 2 aliphatic rings. The largest absolute Gasteiger partial charge is 1.00 e. The van der Waals surface area contributed by atoms with Crippen LogP contribution in [0.4, 0.5) is 0 Å². The van der Waals surface area contributed by atoms with E-state index in [2.05, 4.69) is 15.4 Å². The number of hydrogen-bond acceptors (Lipinski definition) is 8. The molecule has 2 fully saturated rings. The summed E-state index contributed by atoms with van der Waals surface area (Å²) in [7, 11) is -9.43. The molecule has 4 N–H and O–H groups in total. The van der Waals surface area contributed by atoms with Crippen molar-refractivity contribution in [3.8, 4) is 0 Å². The predicted octanol–water partition coefficient (Wildman–Crippen LogP) is -2.16. The van der Waals surface area contributed by atoms with E-state index in [1.165, 1.54) is 24.3 Å². The summed E-state index contributed by atoms with van der Waals surface area (Å²) in [5.74, 6) is -1.95. The molecule has 11 nitrogen and oxygen atoms in total. The number of hydrogen-bond donors (Lipinski definition) is 4. The van der Waals surface area contributed by atoms with Crippen LogP contribution in [-0.4, -0.2) is 62.4 Å². The zero-order valence-electron chi connectivity index (χ0n) is 20.6. The van der Waals surface area contributed by atoms with Gasteiger partial charge in [0.05, 0.1) is 10.9 Å². The maximum absolute atomic E-state index is 13.3. The van der Waals surface area contributed by atoms with Crippen molar-refractivity contribution in [2.45, 2.75) is 73.8 Å². The number of benzene rings is 1. The second-order valence-corrected chi connectivity index (χ2v) is 13.0. The number of aliphatic hydroxyl groups is 1. The third-order valence-electron chi connectivity index (χ3n) is 6.68. The number of halogens is 1. The van der Waals surface area contributed by atoms with Crippen molar-refractivity contribution < 1.29 is 65.6 Å². The second-order valence-electron chi connectivity index (χ2n) is 9.38. The molecule has 0 spiro atoms.